The highest BCUT2D eigenvalue weighted by molar-refractivity contribution is 4.91. The van der Waals surface area contributed by atoms with Crippen molar-refractivity contribution >= 4 is 0 Å². The first kappa shape index (κ1) is 16.3. The van der Waals surface area contributed by atoms with Crippen LogP contribution in [-0.2, 0) is 0 Å². The van der Waals surface area contributed by atoms with Gasteiger partial charge < -0.3 is 5.32 Å². The van der Waals surface area contributed by atoms with Gasteiger partial charge in [-0.05, 0) is 49.5 Å². The third-order valence-electron chi connectivity index (χ3n) is 6.30. The molecule has 2 rings (SSSR count). The lowest BCUT2D eigenvalue weighted by molar-refractivity contribution is 0.104. The fraction of sp³-hybridized carbons (Fsp3) is 1.00. The van der Waals surface area contributed by atoms with Crippen molar-refractivity contribution in [1.29, 1.82) is 0 Å². The molecule has 0 aliphatic heterocycles. The maximum Gasteiger partial charge on any atom is 0.0126 e. The van der Waals surface area contributed by atoms with Gasteiger partial charge in [-0.1, -0.05) is 65.7 Å². The standard InChI is InChI=1S/C19H37N/c1-4-15-10-9-12-17(14-15)19(20-6-3)18-13-8-7-11-16(18)5-2/h15-20H,4-14H2,1-3H3. The minimum atomic E-state index is 0.819. The van der Waals surface area contributed by atoms with Gasteiger partial charge in [-0.3, -0.25) is 0 Å². The molecule has 0 aromatic carbocycles. The Labute approximate surface area is 127 Å². The highest BCUT2D eigenvalue weighted by atomic mass is 14.9. The van der Waals surface area contributed by atoms with Crippen LogP contribution in [-0.4, -0.2) is 12.6 Å². The van der Waals surface area contributed by atoms with Crippen molar-refractivity contribution in [2.24, 2.45) is 23.7 Å². The lowest BCUT2D eigenvalue weighted by Crippen LogP contribution is -2.47. The van der Waals surface area contributed by atoms with Gasteiger partial charge in [0.05, 0.1) is 0 Å². The summed E-state index contributed by atoms with van der Waals surface area (Å²) >= 11 is 0. The van der Waals surface area contributed by atoms with Gasteiger partial charge in [0.25, 0.3) is 0 Å². The van der Waals surface area contributed by atoms with Gasteiger partial charge in [-0.25, -0.2) is 0 Å². The van der Waals surface area contributed by atoms with Crippen molar-refractivity contribution in [2.75, 3.05) is 6.54 Å². The van der Waals surface area contributed by atoms with Gasteiger partial charge in [0.2, 0.25) is 0 Å². The predicted molar refractivity (Wildman–Crippen MR) is 88.9 cm³/mol. The summed E-state index contributed by atoms with van der Waals surface area (Å²) in [5, 5.41) is 3.93. The van der Waals surface area contributed by atoms with Gasteiger partial charge in [0.1, 0.15) is 0 Å². The van der Waals surface area contributed by atoms with Crippen LogP contribution < -0.4 is 5.32 Å². The van der Waals surface area contributed by atoms with E-state index >= 15 is 0 Å². The molecule has 2 fully saturated rings. The van der Waals surface area contributed by atoms with E-state index in [2.05, 4.69) is 26.1 Å². The van der Waals surface area contributed by atoms with E-state index in [0.29, 0.717) is 0 Å². The van der Waals surface area contributed by atoms with Crippen LogP contribution >= 0.6 is 0 Å². The van der Waals surface area contributed by atoms with Gasteiger partial charge in [-0.15, -0.1) is 0 Å². The highest BCUT2D eigenvalue weighted by Crippen LogP contribution is 2.41. The average molecular weight is 280 g/mol. The summed E-state index contributed by atoms with van der Waals surface area (Å²) in [5.41, 5.74) is 0. The van der Waals surface area contributed by atoms with E-state index in [-0.39, 0.29) is 0 Å². The van der Waals surface area contributed by atoms with Gasteiger partial charge >= 0.3 is 0 Å². The predicted octanol–water partition coefficient (Wildman–Crippen LogP) is 5.40. The van der Waals surface area contributed by atoms with E-state index in [1.54, 1.807) is 0 Å². The number of rotatable bonds is 6. The summed E-state index contributed by atoms with van der Waals surface area (Å²) in [7, 11) is 0. The molecule has 20 heavy (non-hydrogen) atoms. The van der Waals surface area contributed by atoms with E-state index in [9.17, 15) is 0 Å². The minimum absolute atomic E-state index is 0.819. The molecule has 0 amide bonds. The molecule has 1 nitrogen and oxygen atoms in total. The van der Waals surface area contributed by atoms with Crippen molar-refractivity contribution in [3.05, 3.63) is 0 Å². The quantitative estimate of drug-likeness (QED) is 0.686. The molecule has 0 bridgehead atoms. The molecule has 0 heterocycles. The number of hydrogen-bond donors (Lipinski definition) is 1. The summed E-state index contributed by atoms with van der Waals surface area (Å²) in [4.78, 5) is 0. The molecule has 0 radical (unpaired) electrons. The summed E-state index contributed by atoms with van der Waals surface area (Å²) in [6, 6.07) is 0.819. The van der Waals surface area contributed by atoms with Crippen LogP contribution in [0.1, 0.15) is 85.0 Å². The number of hydrogen-bond acceptors (Lipinski definition) is 1. The van der Waals surface area contributed by atoms with Crippen LogP contribution in [0.2, 0.25) is 0 Å². The molecule has 0 saturated heterocycles. The maximum atomic E-state index is 3.93. The Balaban J connectivity index is 2.04. The lowest BCUT2D eigenvalue weighted by Gasteiger charge is -2.43. The average Bonchev–Trinajstić information content (AvgIpc) is 2.52. The second-order valence-corrected chi connectivity index (χ2v) is 7.40. The summed E-state index contributed by atoms with van der Waals surface area (Å²) in [6.07, 6.45) is 14.7. The Bertz CT molecular complexity index is 262. The zero-order chi connectivity index (χ0) is 14.4. The molecule has 2 aliphatic rings. The normalized spacial score (nSPS) is 36.8. The monoisotopic (exact) mass is 279 g/mol. The Hall–Kier alpha value is -0.0400. The van der Waals surface area contributed by atoms with E-state index in [0.717, 1.165) is 36.3 Å². The van der Waals surface area contributed by atoms with Gasteiger partial charge in [-0.2, -0.15) is 0 Å². The largest absolute Gasteiger partial charge is 0.314 e. The molecule has 0 aromatic heterocycles. The Morgan fingerprint density at radius 1 is 0.900 bits per heavy atom. The van der Waals surface area contributed by atoms with Crippen molar-refractivity contribution in [1.82, 2.24) is 5.32 Å². The van der Waals surface area contributed by atoms with Crippen molar-refractivity contribution in [3.63, 3.8) is 0 Å². The SMILES string of the molecule is CCNC(C1CCCC(CC)C1)C1CCCCC1CC. The van der Waals surface area contributed by atoms with E-state index in [1.807, 2.05) is 0 Å². The second kappa shape index (κ2) is 8.41. The molecule has 5 atom stereocenters. The molecule has 1 heteroatoms. The molecule has 0 aromatic rings. The first-order valence-electron chi connectivity index (χ1n) is 9.53. The highest BCUT2D eigenvalue weighted by Gasteiger charge is 2.36. The molecule has 5 unspecified atom stereocenters. The van der Waals surface area contributed by atoms with Gasteiger partial charge in [0.15, 0.2) is 0 Å². The second-order valence-electron chi connectivity index (χ2n) is 7.40. The van der Waals surface area contributed by atoms with E-state index < -0.39 is 0 Å². The summed E-state index contributed by atoms with van der Waals surface area (Å²) in [6.45, 7) is 8.27. The fourth-order valence-electron chi connectivity index (χ4n) is 5.15. The van der Waals surface area contributed by atoms with Crippen molar-refractivity contribution in [3.8, 4) is 0 Å². The van der Waals surface area contributed by atoms with Crippen LogP contribution in [0.25, 0.3) is 0 Å². The van der Waals surface area contributed by atoms with Crippen LogP contribution in [0, 0.1) is 23.7 Å². The molecular weight excluding hydrogens is 242 g/mol. The van der Waals surface area contributed by atoms with Crippen molar-refractivity contribution < 1.29 is 0 Å². The fourth-order valence-corrected chi connectivity index (χ4v) is 5.15. The molecular formula is C19H37N. The van der Waals surface area contributed by atoms with Crippen molar-refractivity contribution in [2.45, 2.75) is 91.0 Å². The van der Waals surface area contributed by atoms with Crippen LogP contribution in [0.15, 0.2) is 0 Å². The maximum absolute atomic E-state index is 3.93. The first-order valence-corrected chi connectivity index (χ1v) is 9.53. The molecule has 2 saturated carbocycles. The van der Waals surface area contributed by atoms with Crippen LogP contribution in [0.5, 0.6) is 0 Å². The van der Waals surface area contributed by atoms with Crippen LogP contribution in [0.3, 0.4) is 0 Å². The third kappa shape index (κ3) is 4.00. The zero-order valence-electron chi connectivity index (χ0n) is 14.2. The third-order valence-corrected chi connectivity index (χ3v) is 6.30. The van der Waals surface area contributed by atoms with Crippen LogP contribution in [0.4, 0.5) is 0 Å². The smallest absolute Gasteiger partial charge is 0.0126 e. The lowest BCUT2D eigenvalue weighted by atomic mass is 9.66. The minimum Gasteiger partial charge on any atom is -0.314 e. The summed E-state index contributed by atoms with van der Waals surface area (Å²) in [5.74, 6) is 3.94. The molecule has 2 aliphatic carbocycles. The Kier molecular flexibility index (Phi) is 6.87. The van der Waals surface area contributed by atoms with E-state index in [1.165, 1.54) is 64.2 Å². The zero-order valence-corrected chi connectivity index (χ0v) is 14.2. The van der Waals surface area contributed by atoms with Gasteiger partial charge in [0, 0.05) is 6.04 Å². The molecule has 0 spiro atoms. The number of nitrogens with one attached hydrogen (secondary N) is 1. The Morgan fingerprint density at radius 2 is 1.70 bits per heavy atom. The topological polar surface area (TPSA) is 12.0 Å². The Morgan fingerprint density at radius 3 is 2.40 bits per heavy atom. The summed E-state index contributed by atoms with van der Waals surface area (Å²) < 4.78 is 0. The molecule has 1 N–H and O–H groups in total. The first-order chi connectivity index (χ1) is 9.80. The molecule has 118 valence electrons. The van der Waals surface area contributed by atoms with E-state index in [4.69, 9.17) is 0 Å².